The minimum Gasteiger partial charge on any atom is -0.478 e. The lowest BCUT2D eigenvalue weighted by molar-refractivity contribution is 0.0697. The van der Waals surface area contributed by atoms with Crippen molar-refractivity contribution in [3.8, 4) is 0 Å². The molecule has 2 rings (SSSR count). The summed E-state index contributed by atoms with van der Waals surface area (Å²) in [6, 6.07) is 5.36. The maximum Gasteiger partial charge on any atom is 0.335 e. The molecule has 1 aromatic carbocycles. The van der Waals surface area contributed by atoms with Gasteiger partial charge < -0.3 is 5.11 Å². The van der Waals surface area contributed by atoms with Crippen LogP contribution in [0.3, 0.4) is 0 Å². The van der Waals surface area contributed by atoms with Crippen molar-refractivity contribution in [3.05, 3.63) is 59.2 Å². The molecule has 0 aromatic heterocycles. The zero-order valence-electron chi connectivity index (χ0n) is 10.1. The van der Waals surface area contributed by atoms with Crippen LogP contribution in [0.25, 0.3) is 0 Å². The van der Waals surface area contributed by atoms with E-state index in [1.54, 1.807) is 6.08 Å². The summed E-state index contributed by atoms with van der Waals surface area (Å²) in [4.78, 5) is 14.4. The van der Waals surface area contributed by atoms with Crippen molar-refractivity contribution in [1.29, 1.82) is 0 Å². The number of hydrogen-bond donors (Lipinski definition) is 2. The van der Waals surface area contributed by atoms with Crippen LogP contribution < -0.4 is 4.72 Å². The van der Waals surface area contributed by atoms with Crippen LogP contribution in [-0.4, -0.2) is 25.4 Å². The standard InChI is InChI=1S/C13H10N2O4S/c16-13(17)10-5-7-11(8-6-10)15-20(18,19)12-4-2-1-3-9-14-12/h1-8,15H,(H,16,17). The molecular weight excluding hydrogens is 280 g/mol. The fourth-order valence-corrected chi connectivity index (χ4v) is 2.39. The summed E-state index contributed by atoms with van der Waals surface area (Å²) in [5.41, 5.74) is 0.328. The lowest BCUT2D eigenvalue weighted by Gasteiger charge is -2.07. The highest BCUT2D eigenvalue weighted by atomic mass is 32.2. The summed E-state index contributed by atoms with van der Waals surface area (Å²) in [7, 11) is -3.83. The van der Waals surface area contributed by atoms with Crippen LogP contribution in [0.5, 0.6) is 0 Å². The number of benzene rings is 1. The van der Waals surface area contributed by atoms with Crippen molar-refractivity contribution >= 4 is 27.5 Å². The van der Waals surface area contributed by atoms with E-state index < -0.39 is 16.0 Å². The van der Waals surface area contributed by atoms with E-state index in [0.717, 1.165) is 0 Å². The van der Waals surface area contributed by atoms with Crippen LogP contribution in [-0.2, 0) is 10.0 Å². The molecule has 0 amide bonds. The first kappa shape index (κ1) is 13.8. The molecular formula is C13H10N2O4S. The third-order valence-electron chi connectivity index (χ3n) is 2.35. The first-order chi connectivity index (χ1) is 9.49. The smallest absolute Gasteiger partial charge is 0.335 e. The molecule has 0 saturated heterocycles. The van der Waals surface area contributed by atoms with Gasteiger partial charge in [0.05, 0.1) is 5.56 Å². The number of aliphatic imine (C=N–C) groups is 1. The van der Waals surface area contributed by atoms with Gasteiger partial charge in [0.2, 0.25) is 0 Å². The average Bonchev–Trinajstić information content (AvgIpc) is 2.68. The van der Waals surface area contributed by atoms with Gasteiger partial charge in [0.15, 0.2) is 5.03 Å². The zero-order chi connectivity index (χ0) is 14.6. The molecule has 0 unspecified atom stereocenters. The van der Waals surface area contributed by atoms with Crippen molar-refractivity contribution < 1.29 is 18.3 Å². The number of carboxylic acids is 1. The summed E-state index contributed by atoms with van der Waals surface area (Å²) in [5.74, 6) is 1.38. The topological polar surface area (TPSA) is 95.8 Å². The second kappa shape index (κ2) is 5.56. The molecule has 2 N–H and O–H groups in total. The third-order valence-corrected chi connectivity index (χ3v) is 3.64. The Kier molecular flexibility index (Phi) is 3.84. The predicted molar refractivity (Wildman–Crippen MR) is 75.2 cm³/mol. The van der Waals surface area contributed by atoms with Gasteiger partial charge >= 0.3 is 5.97 Å². The average molecular weight is 290 g/mol. The third kappa shape index (κ3) is 3.23. The number of hydrogen-bond acceptors (Lipinski definition) is 4. The van der Waals surface area contributed by atoms with Crippen LogP contribution in [0.4, 0.5) is 5.69 Å². The van der Waals surface area contributed by atoms with Gasteiger partial charge in [-0.25, -0.2) is 4.79 Å². The number of anilines is 1. The minimum atomic E-state index is -3.83. The fourth-order valence-electron chi connectivity index (χ4n) is 1.41. The molecule has 0 fully saturated rings. The lowest BCUT2D eigenvalue weighted by atomic mass is 10.2. The normalized spacial score (nSPS) is 13.7. The van der Waals surface area contributed by atoms with Gasteiger partial charge in [-0.1, -0.05) is 12.2 Å². The number of carbonyl (C=O) groups is 1. The van der Waals surface area contributed by atoms with Gasteiger partial charge in [0.25, 0.3) is 10.0 Å². The van der Waals surface area contributed by atoms with Crippen LogP contribution in [0.15, 0.2) is 58.6 Å². The van der Waals surface area contributed by atoms with Crippen LogP contribution in [0.2, 0.25) is 0 Å². The van der Waals surface area contributed by atoms with E-state index in [1.807, 2.05) is 0 Å². The van der Waals surface area contributed by atoms with E-state index >= 15 is 0 Å². The van der Waals surface area contributed by atoms with E-state index in [2.05, 4.69) is 15.6 Å². The van der Waals surface area contributed by atoms with Gasteiger partial charge in [-0.05, 0) is 42.3 Å². The molecule has 6 nitrogen and oxygen atoms in total. The molecule has 1 aromatic rings. The molecule has 7 heteroatoms. The number of rotatable bonds is 4. The van der Waals surface area contributed by atoms with Crippen LogP contribution >= 0.6 is 0 Å². The maximum atomic E-state index is 12.0. The molecule has 1 aliphatic heterocycles. The highest BCUT2D eigenvalue weighted by Crippen LogP contribution is 2.16. The van der Waals surface area contributed by atoms with E-state index in [1.165, 1.54) is 42.5 Å². The van der Waals surface area contributed by atoms with Crippen LogP contribution in [0.1, 0.15) is 10.4 Å². The highest BCUT2D eigenvalue weighted by molar-refractivity contribution is 7.96. The van der Waals surface area contributed by atoms with E-state index in [-0.39, 0.29) is 16.3 Å². The van der Waals surface area contributed by atoms with Crippen molar-refractivity contribution in [1.82, 2.24) is 0 Å². The van der Waals surface area contributed by atoms with Gasteiger partial charge in [-0.15, -0.1) is 0 Å². The first-order valence-corrected chi connectivity index (χ1v) is 7.00. The minimum absolute atomic E-state index is 0.0746. The van der Waals surface area contributed by atoms with Crippen molar-refractivity contribution in [2.24, 2.45) is 4.99 Å². The molecule has 20 heavy (non-hydrogen) atoms. The molecule has 1 aliphatic rings. The quantitative estimate of drug-likeness (QED) is 0.883. The molecule has 0 bridgehead atoms. The number of aromatic carboxylic acids is 1. The number of allylic oxidation sites excluding steroid dienone is 4. The lowest BCUT2D eigenvalue weighted by Crippen LogP contribution is -2.14. The molecule has 0 aliphatic carbocycles. The Morgan fingerprint density at radius 3 is 2.55 bits per heavy atom. The summed E-state index contributed by atoms with van der Waals surface area (Å²) in [5, 5.41) is 8.59. The van der Waals surface area contributed by atoms with Crippen molar-refractivity contribution in [2.45, 2.75) is 0 Å². The van der Waals surface area contributed by atoms with Gasteiger partial charge in [-0.2, -0.15) is 13.4 Å². The Morgan fingerprint density at radius 2 is 1.90 bits per heavy atom. The second-order valence-corrected chi connectivity index (χ2v) is 5.41. The van der Waals surface area contributed by atoms with E-state index in [4.69, 9.17) is 5.11 Å². The maximum absolute atomic E-state index is 12.0. The van der Waals surface area contributed by atoms with Gasteiger partial charge in [0, 0.05) is 5.69 Å². The number of carboxylic acid groups (broad SMARTS) is 1. The monoisotopic (exact) mass is 290 g/mol. The van der Waals surface area contributed by atoms with Gasteiger partial charge in [0.1, 0.15) is 0 Å². The Morgan fingerprint density at radius 1 is 1.20 bits per heavy atom. The summed E-state index contributed by atoms with van der Waals surface area (Å²) < 4.78 is 26.4. The fraction of sp³-hybridized carbons (Fsp3) is 0. The second-order valence-electron chi connectivity index (χ2n) is 3.79. The predicted octanol–water partition coefficient (Wildman–Crippen LogP) is 1.76. The molecule has 0 atom stereocenters. The van der Waals surface area contributed by atoms with Gasteiger partial charge in [-0.3, -0.25) is 4.72 Å². The van der Waals surface area contributed by atoms with Crippen LogP contribution in [0, 0.1) is 0 Å². The molecule has 0 radical (unpaired) electrons. The summed E-state index contributed by atoms with van der Waals surface area (Å²) >= 11 is 0. The Bertz CT molecular complexity index is 752. The van der Waals surface area contributed by atoms with E-state index in [9.17, 15) is 13.2 Å². The molecule has 1 heterocycles. The molecule has 0 spiro atoms. The summed E-state index contributed by atoms with van der Waals surface area (Å²) in [6.45, 7) is 0. The number of nitrogens with zero attached hydrogens (tertiary/aromatic N) is 1. The number of nitrogens with one attached hydrogen (secondary N) is 1. The molecule has 102 valence electrons. The SMILES string of the molecule is O=C(O)c1ccc(NS(=O)(=O)C2=CC=CC=C=N2)cc1. The first-order valence-electron chi connectivity index (χ1n) is 5.52. The Hall–Kier alpha value is -2.63. The van der Waals surface area contributed by atoms with E-state index in [0.29, 0.717) is 0 Å². The Balaban J connectivity index is 2.24. The highest BCUT2D eigenvalue weighted by Gasteiger charge is 2.17. The zero-order valence-corrected chi connectivity index (χ0v) is 11.0. The summed E-state index contributed by atoms with van der Waals surface area (Å²) in [6.07, 6.45) is 5.96. The molecule has 0 saturated carbocycles. The Labute approximate surface area is 115 Å². The van der Waals surface area contributed by atoms with Crippen molar-refractivity contribution in [3.63, 3.8) is 0 Å². The number of sulfonamides is 1. The largest absolute Gasteiger partial charge is 0.478 e. The van der Waals surface area contributed by atoms with Crippen molar-refractivity contribution in [2.75, 3.05) is 4.72 Å².